The number of amides is 3. The number of carbonyl (C=O) groups excluding carboxylic acids is 2. The monoisotopic (exact) mass is 327 g/mol. The molecule has 7 nitrogen and oxygen atoms in total. The van der Waals surface area contributed by atoms with Gasteiger partial charge in [0.25, 0.3) is 0 Å². The predicted octanol–water partition coefficient (Wildman–Crippen LogP) is 1.62. The Labute approximate surface area is 137 Å². The molecule has 1 saturated carbocycles. The Hall–Kier alpha value is -1.79. The van der Waals surface area contributed by atoms with Crippen LogP contribution in [0.25, 0.3) is 0 Å². The van der Waals surface area contributed by atoms with Gasteiger partial charge in [0.1, 0.15) is 6.04 Å². The third-order valence-electron chi connectivity index (χ3n) is 4.06. The van der Waals surface area contributed by atoms with Gasteiger partial charge < -0.3 is 21.1 Å². The van der Waals surface area contributed by atoms with E-state index in [2.05, 4.69) is 16.0 Å². The summed E-state index contributed by atoms with van der Waals surface area (Å²) in [6, 6.07) is -0.803. The lowest BCUT2D eigenvalue weighted by atomic mass is 9.96. The summed E-state index contributed by atoms with van der Waals surface area (Å²) in [5.74, 6) is -1.50. The molecule has 0 radical (unpaired) electrons. The van der Waals surface area contributed by atoms with Gasteiger partial charge in [-0.3, -0.25) is 4.79 Å². The molecular weight excluding hydrogens is 298 g/mol. The van der Waals surface area contributed by atoms with Crippen molar-refractivity contribution in [3.05, 3.63) is 0 Å². The summed E-state index contributed by atoms with van der Waals surface area (Å²) < 4.78 is 0. The van der Waals surface area contributed by atoms with Crippen molar-refractivity contribution in [1.29, 1.82) is 0 Å². The molecule has 1 fully saturated rings. The highest BCUT2D eigenvalue weighted by Gasteiger charge is 2.23. The Bertz CT molecular complexity index is 406. The average Bonchev–Trinajstić information content (AvgIpc) is 2.49. The van der Waals surface area contributed by atoms with E-state index in [1.165, 1.54) is 6.42 Å². The SMILES string of the molecule is CC(C)C(NC(=O)CCCNC(=O)NC1CCCCC1)C(=O)O. The van der Waals surface area contributed by atoms with Crippen LogP contribution in [0.3, 0.4) is 0 Å². The standard InChI is InChI=1S/C16H29N3O4/c1-11(2)14(15(21)22)19-13(20)9-6-10-17-16(23)18-12-7-4-3-5-8-12/h11-12,14H,3-10H2,1-2H3,(H,19,20)(H,21,22)(H2,17,18,23). The van der Waals surface area contributed by atoms with Crippen LogP contribution in [-0.4, -0.2) is 41.6 Å². The second-order valence-corrected chi connectivity index (χ2v) is 6.47. The van der Waals surface area contributed by atoms with Crippen molar-refractivity contribution in [2.24, 2.45) is 5.92 Å². The van der Waals surface area contributed by atoms with Gasteiger partial charge in [-0.25, -0.2) is 9.59 Å². The lowest BCUT2D eigenvalue weighted by Gasteiger charge is -2.22. The number of nitrogens with one attached hydrogen (secondary N) is 3. The van der Waals surface area contributed by atoms with E-state index in [0.717, 1.165) is 25.7 Å². The van der Waals surface area contributed by atoms with Crippen LogP contribution in [0.2, 0.25) is 0 Å². The van der Waals surface area contributed by atoms with Gasteiger partial charge in [0.15, 0.2) is 0 Å². The number of carboxylic acid groups (broad SMARTS) is 1. The zero-order valence-corrected chi connectivity index (χ0v) is 14.1. The van der Waals surface area contributed by atoms with Crippen LogP contribution < -0.4 is 16.0 Å². The molecular formula is C16H29N3O4. The van der Waals surface area contributed by atoms with Crippen molar-refractivity contribution >= 4 is 17.9 Å². The van der Waals surface area contributed by atoms with Crippen molar-refractivity contribution in [2.45, 2.75) is 70.9 Å². The van der Waals surface area contributed by atoms with Gasteiger partial charge in [0, 0.05) is 19.0 Å². The minimum absolute atomic E-state index is 0.171. The summed E-state index contributed by atoms with van der Waals surface area (Å²) >= 11 is 0. The van der Waals surface area contributed by atoms with Crippen LogP contribution in [0.5, 0.6) is 0 Å². The number of carboxylic acids is 1. The van der Waals surface area contributed by atoms with Crippen LogP contribution in [0.1, 0.15) is 58.8 Å². The molecule has 23 heavy (non-hydrogen) atoms. The number of hydrogen-bond donors (Lipinski definition) is 4. The van der Waals surface area contributed by atoms with Gasteiger partial charge in [-0.2, -0.15) is 0 Å². The van der Waals surface area contributed by atoms with Crippen LogP contribution in [-0.2, 0) is 9.59 Å². The molecule has 0 spiro atoms. The van der Waals surface area contributed by atoms with Gasteiger partial charge in [-0.05, 0) is 25.2 Å². The van der Waals surface area contributed by atoms with E-state index in [-0.39, 0.29) is 30.3 Å². The second-order valence-electron chi connectivity index (χ2n) is 6.47. The first-order chi connectivity index (χ1) is 10.9. The van der Waals surface area contributed by atoms with E-state index >= 15 is 0 Å². The van der Waals surface area contributed by atoms with Crippen molar-refractivity contribution in [3.8, 4) is 0 Å². The van der Waals surface area contributed by atoms with E-state index in [1.54, 1.807) is 13.8 Å². The molecule has 0 aromatic rings. The number of urea groups is 1. The maximum atomic E-state index is 11.7. The van der Waals surface area contributed by atoms with Crippen molar-refractivity contribution in [1.82, 2.24) is 16.0 Å². The predicted molar refractivity (Wildman–Crippen MR) is 87.0 cm³/mol. The lowest BCUT2D eigenvalue weighted by molar-refractivity contribution is -0.143. The smallest absolute Gasteiger partial charge is 0.326 e. The normalized spacial score (nSPS) is 16.7. The fourth-order valence-corrected chi connectivity index (χ4v) is 2.69. The first kappa shape index (κ1) is 19.3. The van der Waals surface area contributed by atoms with Crippen LogP contribution in [0.4, 0.5) is 4.79 Å². The fraction of sp³-hybridized carbons (Fsp3) is 0.812. The summed E-state index contributed by atoms with van der Waals surface area (Å²) in [6.07, 6.45) is 6.29. The molecule has 3 amide bonds. The summed E-state index contributed by atoms with van der Waals surface area (Å²) in [7, 11) is 0. The highest BCUT2D eigenvalue weighted by Crippen LogP contribution is 2.17. The average molecular weight is 327 g/mol. The van der Waals surface area contributed by atoms with Crippen LogP contribution >= 0.6 is 0 Å². The Kier molecular flexibility index (Phi) is 8.43. The fourth-order valence-electron chi connectivity index (χ4n) is 2.69. The summed E-state index contributed by atoms with van der Waals surface area (Å²) in [5, 5.41) is 17.2. The molecule has 1 unspecified atom stereocenters. The summed E-state index contributed by atoms with van der Waals surface area (Å²) in [4.78, 5) is 34.4. The van der Waals surface area contributed by atoms with Crippen molar-refractivity contribution < 1.29 is 19.5 Å². The van der Waals surface area contributed by atoms with E-state index in [1.807, 2.05) is 0 Å². The number of carbonyl (C=O) groups is 3. The van der Waals surface area contributed by atoms with Gasteiger partial charge in [-0.1, -0.05) is 33.1 Å². The summed E-state index contributed by atoms with van der Waals surface area (Å²) in [6.45, 7) is 3.89. The van der Waals surface area contributed by atoms with Gasteiger partial charge in [0.2, 0.25) is 5.91 Å². The maximum Gasteiger partial charge on any atom is 0.326 e. The minimum atomic E-state index is -1.03. The molecule has 0 aromatic heterocycles. The molecule has 0 aromatic carbocycles. The molecule has 132 valence electrons. The number of hydrogen-bond acceptors (Lipinski definition) is 3. The number of aliphatic carboxylic acids is 1. The molecule has 1 aliphatic rings. The molecule has 0 saturated heterocycles. The van der Waals surface area contributed by atoms with Crippen LogP contribution in [0.15, 0.2) is 0 Å². The second kappa shape index (κ2) is 10.1. The van der Waals surface area contributed by atoms with E-state index < -0.39 is 12.0 Å². The van der Waals surface area contributed by atoms with E-state index in [0.29, 0.717) is 13.0 Å². The molecule has 4 N–H and O–H groups in total. The molecule has 1 aliphatic carbocycles. The Morgan fingerprint density at radius 2 is 1.78 bits per heavy atom. The topological polar surface area (TPSA) is 108 Å². The quantitative estimate of drug-likeness (QED) is 0.508. The van der Waals surface area contributed by atoms with Gasteiger partial charge in [-0.15, -0.1) is 0 Å². The largest absolute Gasteiger partial charge is 0.480 e. The molecule has 0 bridgehead atoms. The van der Waals surface area contributed by atoms with E-state index in [9.17, 15) is 14.4 Å². The zero-order chi connectivity index (χ0) is 17.2. The van der Waals surface area contributed by atoms with Crippen molar-refractivity contribution in [3.63, 3.8) is 0 Å². The third kappa shape index (κ3) is 7.85. The molecule has 1 atom stereocenters. The third-order valence-corrected chi connectivity index (χ3v) is 4.06. The van der Waals surface area contributed by atoms with Gasteiger partial charge in [0.05, 0.1) is 0 Å². The summed E-state index contributed by atoms with van der Waals surface area (Å²) in [5.41, 5.74) is 0. The Morgan fingerprint density at radius 3 is 2.35 bits per heavy atom. The zero-order valence-electron chi connectivity index (χ0n) is 14.1. The Morgan fingerprint density at radius 1 is 1.13 bits per heavy atom. The van der Waals surface area contributed by atoms with Crippen LogP contribution in [0, 0.1) is 5.92 Å². The van der Waals surface area contributed by atoms with Crippen molar-refractivity contribution in [2.75, 3.05) is 6.54 Å². The highest BCUT2D eigenvalue weighted by atomic mass is 16.4. The molecule has 7 heteroatoms. The van der Waals surface area contributed by atoms with E-state index in [4.69, 9.17) is 5.11 Å². The minimum Gasteiger partial charge on any atom is -0.480 e. The first-order valence-electron chi connectivity index (χ1n) is 8.46. The Balaban J connectivity index is 2.14. The molecule has 0 aliphatic heterocycles. The van der Waals surface area contributed by atoms with Gasteiger partial charge >= 0.3 is 12.0 Å². The lowest BCUT2D eigenvalue weighted by Crippen LogP contribution is -2.45. The maximum absolute atomic E-state index is 11.7. The number of rotatable bonds is 8. The molecule has 1 rings (SSSR count). The highest BCUT2D eigenvalue weighted by molar-refractivity contribution is 5.83. The first-order valence-corrected chi connectivity index (χ1v) is 8.46. The molecule has 0 heterocycles.